The summed E-state index contributed by atoms with van der Waals surface area (Å²) in [4.78, 5) is 2.23. The van der Waals surface area contributed by atoms with E-state index in [0.717, 1.165) is 31.1 Å². The SMILES string of the molecule is COc1ccccc1N(C)C(CN)C1CCCOC1. The fourth-order valence-electron chi connectivity index (χ4n) is 2.84. The maximum atomic E-state index is 6.00. The minimum atomic E-state index is 0.289. The predicted molar refractivity (Wildman–Crippen MR) is 77.8 cm³/mol. The van der Waals surface area contributed by atoms with Gasteiger partial charge >= 0.3 is 0 Å². The number of rotatable bonds is 5. The molecule has 1 aliphatic heterocycles. The quantitative estimate of drug-likeness (QED) is 0.882. The molecule has 0 aliphatic carbocycles. The van der Waals surface area contributed by atoms with E-state index in [1.807, 2.05) is 18.2 Å². The van der Waals surface area contributed by atoms with Gasteiger partial charge in [-0.1, -0.05) is 12.1 Å². The van der Waals surface area contributed by atoms with Crippen LogP contribution in [0.1, 0.15) is 12.8 Å². The Morgan fingerprint density at radius 1 is 1.47 bits per heavy atom. The van der Waals surface area contributed by atoms with Crippen LogP contribution in [0.15, 0.2) is 24.3 Å². The molecule has 1 aromatic rings. The Morgan fingerprint density at radius 3 is 2.89 bits per heavy atom. The lowest BCUT2D eigenvalue weighted by Gasteiger charge is -2.37. The van der Waals surface area contributed by atoms with Crippen LogP contribution in [0.25, 0.3) is 0 Å². The molecule has 2 rings (SSSR count). The predicted octanol–water partition coefficient (Wildman–Crippen LogP) is 1.89. The molecule has 0 amide bonds. The number of nitrogens with zero attached hydrogens (tertiary/aromatic N) is 1. The molecule has 0 spiro atoms. The number of methoxy groups -OCH3 is 1. The van der Waals surface area contributed by atoms with E-state index in [9.17, 15) is 0 Å². The van der Waals surface area contributed by atoms with Crippen molar-refractivity contribution in [1.29, 1.82) is 0 Å². The van der Waals surface area contributed by atoms with E-state index in [1.165, 1.54) is 6.42 Å². The Kier molecular flexibility index (Phi) is 5.05. The molecule has 106 valence electrons. The molecule has 0 radical (unpaired) electrons. The van der Waals surface area contributed by atoms with Crippen LogP contribution in [0.2, 0.25) is 0 Å². The second kappa shape index (κ2) is 6.78. The van der Waals surface area contributed by atoms with Crippen molar-refractivity contribution >= 4 is 5.69 Å². The first-order chi connectivity index (χ1) is 9.27. The van der Waals surface area contributed by atoms with E-state index in [-0.39, 0.29) is 6.04 Å². The first-order valence-corrected chi connectivity index (χ1v) is 6.91. The first-order valence-electron chi connectivity index (χ1n) is 6.91. The van der Waals surface area contributed by atoms with Crippen LogP contribution in [0, 0.1) is 5.92 Å². The number of hydrogen-bond donors (Lipinski definition) is 1. The summed E-state index contributed by atoms with van der Waals surface area (Å²) in [5.41, 5.74) is 7.08. The normalized spacial score (nSPS) is 20.9. The van der Waals surface area contributed by atoms with Crippen molar-refractivity contribution < 1.29 is 9.47 Å². The van der Waals surface area contributed by atoms with E-state index in [4.69, 9.17) is 15.2 Å². The molecule has 4 nitrogen and oxygen atoms in total. The zero-order valence-electron chi connectivity index (χ0n) is 11.8. The van der Waals surface area contributed by atoms with Gasteiger partial charge in [0.2, 0.25) is 0 Å². The summed E-state index contributed by atoms with van der Waals surface area (Å²) in [6, 6.07) is 8.36. The van der Waals surface area contributed by atoms with Gasteiger partial charge in [-0.25, -0.2) is 0 Å². The third-order valence-electron chi connectivity index (χ3n) is 3.94. The van der Waals surface area contributed by atoms with Crippen LogP contribution in [-0.4, -0.2) is 40.0 Å². The minimum absolute atomic E-state index is 0.289. The molecule has 0 aromatic heterocycles. The molecule has 1 heterocycles. The fraction of sp³-hybridized carbons (Fsp3) is 0.600. The van der Waals surface area contributed by atoms with Crippen molar-refractivity contribution in [2.24, 2.45) is 11.7 Å². The highest BCUT2D eigenvalue weighted by Crippen LogP contribution is 2.31. The zero-order valence-corrected chi connectivity index (χ0v) is 11.8. The van der Waals surface area contributed by atoms with Gasteiger partial charge in [-0.3, -0.25) is 0 Å². The molecule has 4 heteroatoms. The third kappa shape index (κ3) is 3.19. The van der Waals surface area contributed by atoms with E-state index >= 15 is 0 Å². The summed E-state index contributed by atoms with van der Waals surface area (Å²) in [6.07, 6.45) is 2.31. The van der Waals surface area contributed by atoms with Gasteiger partial charge in [-0.15, -0.1) is 0 Å². The van der Waals surface area contributed by atoms with E-state index < -0.39 is 0 Å². The van der Waals surface area contributed by atoms with Gasteiger partial charge in [-0.05, 0) is 25.0 Å². The van der Waals surface area contributed by atoms with E-state index in [2.05, 4.69) is 18.0 Å². The van der Waals surface area contributed by atoms with Crippen molar-refractivity contribution in [1.82, 2.24) is 0 Å². The molecule has 1 saturated heterocycles. The van der Waals surface area contributed by atoms with Gasteiger partial charge in [0.25, 0.3) is 0 Å². The average Bonchev–Trinajstić information content (AvgIpc) is 2.49. The van der Waals surface area contributed by atoms with Gasteiger partial charge in [0.05, 0.1) is 19.4 Å². The smallest absolute Gasteiger partial charge is 0.142 e. The fourth-order valence-corrected chi connectivity index (χ4v) is 2.84. The van der Waals surface area contributed by atoms with Gasteiger partial charge in [-0.2, -0.15) is 0 Å². The Morgan fingerprint density at radius 2 is 2.26 bits per heavy atom. The van der Waals surface area contributed by atoms with Crippen LogP contribution in [0.4, 0.5) is 5.69 Å². The lowest BCUT2D eigenvalue weighted by Crippen LogP contribution is -2.46. The molecular formula is C15H24N2O2. The maximum Gasteiger partial charge on any atom is 0.142 e. The summed E-state index contributed by atoms with van der Waals surface area (Å²) < 4.78 is 11.0. The monoisotopic (exact) mass is 264 g/mol. The second-order valence-corrected chi connectivity index (χ2v) is 5.06. The molecule has 2 N–H and O–H groups in total. The van der Waals surface area contributed by atoms with E-state index in [0.29, 0.717) is 12.5 Å². The number of benzene rings is 1. The third-order valence-corrected chi connectivity index (χ3v) is 3.94. The topological polar surface area (TPSA) is 47.7 Å². The Labute approximate surface area is 115 Å². The highest BCUT2D eigenvalue weighted by molar-refractivity contribution is 5.58. The lowest BCUT2D eigenvalue weighted by atomic mass is 9.92. The van der Waals surface area contributed by atoms with Crippen molar-refractivity contribution in [2.45, 2.75) is 18.9 Å². The minimum Gasteiger partial charge on any atom is -0.495 e. The summed E-state index contributed by atoms with van der Waals surface area (Å²) in [5, 5.41) is 0. The molecule has 2 atom stereocenters. The van der Waals surface area contributed by atoms with Gasteiger partial charge in [0, 0.05) is 32.2 Å². The second-order valence-electron chi connectivity index (χ2n) is 5.06. The number of anilines is 1. The summed E-state index contributed by atoms with van der Waals surface area (Å²) in [6.45, 7) is 2.32. The van der Waals surface area contributed by atoms with Crippen LogP contribution in [0.3, 0.4) is 0 Å². The van der Waals surface area contributed by atoms with Crippen molar-refractivity contribution in [2.75, 3.05) is 38.8 Å². The number of hydrogen-bond acceptors (Lipinski definition) is 4. The molecule has 19 heavy (non-hydrogen) atoms. The summed E-state index contributed by atoms with van der Waals surface area (Å²) >= 11 is 0. The largest absolute Gasteiger partial charge is 0.495 e. The van der Waals surface area contributed by atoms with E-state index in [1.54, 1.807) is 7.11 Å². The van der Waals surface area contributed by atoms with Gasteiger partial charge in [0.15, 0.2) is 0 Å². The highest BCUT2D eigenvalue weighted by atomic mass is 16.5. The standard InChI is InChI=1S/C15H24N2O2/c1-17(13-7-3-4-8-15(13)18-2)14(10-16)12-6-5-9-19-11-12/h3-4,7-8,12,14H,5-6,9-11,16H2,1-2H3. The van der Waals surface area contributed by atoms with Crippen LogP contribution < -0.4 is 15.4 Å². The molecule has 2 unspecified atom stereocenters. The van der Waals surface area contributed by atoms with Crippen LogP contribution in [0.5, 0.6) is 5.75 Å². The molecule has 1 aliphatic rings. The number of likely N-dealkylation sites (N-methyl/N-ethyl adjacent to an activating group) is 1. The van der Waals surface area contributed by atoms with Crippen molar-refractivity contribution in [3.05, 3.63) is 24.3 Å². The Hall–Kier alpha value is -1.26. The number of ether oxygens (including phenoxy) is 2. The number of nitrogens with two attached hydrogens (primary N) is 1. The zero-order chi connectivity index (χ0) is 13.7. The molecule has 1 aromatic carbocycles. The Bertz CT molecular complexity index is 391. The highest BCUT2D eigenvalue weighted by Gasteiger charge is 2.27. The summed E-state index contributed by atoms with van der Waals surface area (Å²) in [5.74, 6) is 1.38. The van der Waals surface area contributed by atoms with Gasteiger partial charge < -0.3 is 20.1 Å². The first kappa shape index (κ1) is 14.2. The lowest BCUT2D eigenvalue weighted by molar-refractivity contribution is 0.0453. The van der Waals surface area contributed by atoms with Gasteiger partial charge in [0.1, 0.15) is 5.75 Å². The average molecular weight is 264 g/mol. The molecule has 0 saturated carbocycles. The summed E-state index contributed by atoms with van der Waals surface area (Å²) in [7, 11) is 3.79. The molecular weight excluding hydrogens is 240 g/mol. The Balaban J connectivity index is 2.17. The van der Waals surface area contributed by atoms with Crippen molar-refractivity contribution in [3.63, 3.8) is 0 Å². The molecule has 1 fully saturated rings. The number of para-hydroxylation sites is 2. The molecule has 0 bridgehead atoms. The van der Waals surface area contributed by atoms with Crippen LogP contribution in [-0.2, 0) is 4.74 Å². The maximum absolute atomic E-state index is 6.00. The van der Waals surface area contributed by atoms with Crippen LogP contribution >= 0.6 is 0 Å². The van der Waals surface area contributed by atoms with Crippen molar-refractivity contribution in [3.8, 4) is 5.75 Å².